The molecule has 0 aliphatic rings. The van der Waals surface area contributed by atoms with Crippen LogP contribution < -0.4 is 0 Å². The molecule has 5 nitrogen and oxygen atoms in total. The quantitative estimate of drug-likeness (QED) is 0.109. The summed E-state index contributed by atoms with van der Waals surface area (Å²) in [6.45, 7) is 36.2. The Kier molecular flexibility index (Phi) is 52.8. The molecule has 0 N–H and O–H groups in total. The van der Waals surface area contributed by atoms with Crippen LogP contribution >= 0.6 is 0 Å². The van der Waals surface area contributed by atoms with Crippen LogP contribution in [0.4, 0.5) is 0 Å². The highest BCUT2D eigenvalue weighted by Crippen LogP contribution is 2.16. The molecule has 0 bridgehead atoms. The highest BCUT2D eigenvalue weighted by molar-refractivity contribution is 4.63. The zero-order valence-electron chi connectivity index (χ0n) is 34.6. The maximum atomic E-state index is 5.89. The maximum Gasteiger partial charge on any atom is 0.0598 e. The number of hydrogen-bond acceptors (Lipinski definition) is 5. The normalized spacial score (nSPS) is 12.9. The summed E-state index contributed by atoms with van der Waals surface area (Å²) < 4.78 is 26.2. The van der Waals surface area contributed by atoms with E-state index in [0.717, 1.165) is 26.4 Å². The molecule has 0 aromatic heterocycles. The van der Waals surface area contributed by atoms with Gasteiger partial charge < -0.3 is 23.7 Å². The second-order valence-corrected chi connectivity index (χ2v) is 14.1. The van der Waals surface area contributed by atoms with Crippen molar-refractivity contribution >= 4 is 0 Å². The molecule has 0 saturated carbocycles. The smallest absolute Gasteiger partial charge is 0.0598 e. The van der Waals surface area contributed by atoms with E-state index < -0.39 is 0 Å². The van der Waals surface area contributed by atoms with Gasteiger partial charge in [-0.1, -0.05) is 135 Å². The molecule has 5 heteroatoms. The first kappa shape index (κ1) is 54.3. The molecule has 0 amide bonds. The number of rotatable bonds is 22. The Morgan fingerprint density at radius 3 is 1.13 bits per heavy atom. The topological polar surface area (TPSA) is 46.2 Å². The van der Waals surface area contributed by atoms with Crippen molar-refractivity contribution in [3.8, 4) is 0 Å². The van der Waals surface area contributed by atoms with E-state index in [9.17, 15) is 0 Å². The van der Waals surface area contributed by atoms with E-state index in [2.05, 4.69) is 96.9 Å². The predicted molar refractivity (Wildman–Crippen MR) is 203 cm³/mol. The Hall–Kier alpha value is -0.200. The standard InChI is InChI=1S/C13H28O.C10H22O.2C6H14O.C5H12O/c1-5-7-9-10-13(12(3)4)14-11-8-6-2;1-5-6-7-8-10(11-4)9(2)3;1-5(2)6(3)7-4;1-4-7-5-6(2)3;1-5(2)4-6-3/h12-13H,5-11H2,1-4H3;9-10H,5-8H2,1-4H3;5-6H,1-4H3;6H,4-5H2,1-3H3;5H,4H2,1-3H3. The maximum absolute atomic E-state index is 5.89. The van der Waals surface area contributed by atoms with Gasteiger partial charge in [0.15, 0.2) is 0 Å². The minimum Gasteiger partial charge on any atom is -0.384 e. The fourth-order valence-electron chi connectivity index (χ4n) is 3.86. The lowest BCUT2D eigenvalue weighted by atomic mass is 10.0. The summed E-state index contributed by atoms with van der Waals surface area (Å²) in [6.07, 6.45) is 14.2. The van der Waals surface area contributed by atoms with Gasteiger partial charge in [0.2, 0.25) is 0 Å². The molecule has 0 radical (unpaired) electrons. The van der Waals surface area contributed by atoms with Crippen molar-refractivity contribution in [3.63, 3.8) is 0 Å². The van der Waals surface area contributed by atoms with Crippen LogP contribution in [0.3, 0.4) is 0 Å². The average molecular weight is 651 g/mol. The monoisotopic (exact) mass is 651 g/mol. The predicted octanol–water partition coefficient (Wildman–Crippen LogP) is 12.3. The van der Waals surface area contributed by atoms with Crippen LogP contribution in [0.5, 0.6) is 0 Å². The van der Waals surface area contributed by atoms with Gasteiger partial charge in [0.1, 0.15) is 0 Å². The molecule has 0 aromatic rings. The summed E-state index contributed by atoms with van der Waals surface area (Å²) >= 11 is 0. The Bertz CT molecular complexity index is 469. The summed E-state index contributed by atoms with van der Waals surface area (Å²) in [5, 5.41) is 0. The number of ether oxygens (including phenoxy) is 5. The summed E-state index contributed by atoms with van der Waals surface area (Å²) in [4.78, 5) is 0. The number of hydrogen-bond donors (Lipinski definition) is 0. The molecule has 0 saturated heterocycles. The second kappa shape index (κ2) is 43.8. The van der Waals surface area contributed by atoms with Gasteiger partial charge in [0.05, 0.1) is 18.3 Å². The lowest BCUT2D eigenvalue weighted by Crippen LogP contribution is -2.20. The average Bonchev–Trinajstić information content (AvgIpc) is 2.98. The van der Waals surface area contributed by atoms with Crippen LogP contribution in [0, 0.1) is 29.6 Å². The first-order valence-electron chi connectivity index (χ1n) is 18.9. The van der Waals surface area contributed by atoms with Gasteiger partial charge in [-0.3, -0.25) is 0 Å². The fraction of sp³-hybridized carbons (Fsp3) is 1.00. The van der Waals surface area contributed by atoms with E-state index in [1.807, 2.05) is 14.0 Å². The molecule has 0 aromatic carbocycles. The molecule has 3 atom stereocenters. The molecule has 3 unspecified atom stereocenters. The van der Waals surface area contributed by atoms with Crippen LogP contribution in [0.1, 0.15) is 168 Å². The van der Waals surface area contributed by atoms with Crippen molar-refractivity contribution < 1.29 is 23.7 Å². The molecule has 280 valence electrons. The fourth-order valence-corrected chi connectivity index (χ4v) is 3.86. The Labute approximate surface area is 287 Å². The van der Waals surface area contributed by atoms with Gasteiger partial charge in [0.25, 0.3) is 0 Å². The SMILES string of the molecule is CCCCCC(OC)C(C)C.CCCCCC(OCCCC)C(C)C.CCOCC(C)C.COC(C)C(C)C.COCC(C)C. The largest absolute Gasteiger partial charge is 0.384 e. The van der Waals surface area contributed by atoms with Crippen LogP contribution in [-0.2, 0) is 23.7 Å². The molecular formula is C40H90O5. The Morgan fingerprint density at radius 2 is 0.911 bits per heavy atom. The van der Waals surface area contributed by atoms with Crippen molar-refractivity contribution in [2.45, 2.75) is 186 Å². The van der Waals surface area contributed by atoms with Crippen molar-refractivity contribution in [2.75, 3.05) is 47.8 Å². The van der Waals surface area contributed by atoms with Gasteiger partial charge >= 0.3 is 0 Å². The van der Waals surface area contributed by atoms with E-state index in [1.54, 1.807) is 14.2 Å². The molecule has 0 fully saturated rings. The minimum atomic E-state index is 0.403. The van der Waals surface area contributed by atoms with Crippen molar-refractivity contribution in [2.24, 2.45) is 29.6 Å². The summed E-state index contributed by atoms with van der Waals surface area (Å²) in [5.74, 6) is 3.33. The van der Waals surface area contributed by atoms with E-state index in [0.29, 0.717) is 47.9 Å². The van der Waals surface area contributed by atoms with E-state index in [1.165, 1.54) is 64.2 Å². The van der Waals surface area contributed by atoms with Gasteiger partial charge in [-0.15, -0.1) is 0 Å². The third kappa shape index (κ3) is 53.6. The van der Waals surface area contributed by atoms with Crippen molar-refractivity contribution in [1.82, 2.24) is 0 Å². The molecule has 0 rings (SSSR count). The second-order valence-electron chi connectivity index (χ2n) is 14.1. The Balaban J connectivity index is -0.000000154. The highest BCUT2D eigenvalue weighted by atomic mass is 16.5. The molecule has 0 spiro atoms. The highest BCUT2D eigenvalue weighted by Gasteiger charge is 2.13. The van der Waals surface area contributed by atoms with Crippen LogP contribution in [-0.4, -0.2) is 66.1 Å². The van der Waals surface area contributed by atoms with Crippen LogP contribution in [0.25, 0.3) is 0 Å². The van der Waals surface area contributed by atoms with Gasteiger partial charge in [-0.25, -0.2) is 0 Å². The first-order chi connectivity index (χ1) is 21.2. The molecule has 45 heavy (non-hydrogen) atoms. The zero-order chi connectivity index (χ0) is 36.1. The van der Waals surface area contributed by atoms with E-state index in [4.69, 9.17) is 23.7 Å². The third-order valence-corrected chi connectivity index (χ3v) is 7.27. The third-order valence-electron chi connectivity index (χ3n) is 7.27. The van der Waals surface area contributed by atoms with Gasteiger partial charge in [-0.2, -0.15) is 0 Å². The van der Waals surface area contributed by atoms with Gasteiger partial charge in [-0.05, 0) is 62.7 Å². The molecule has 0 aliphatic heterocycles. The lowest BCUT2D eigenvalue weighted by Gasteiger charge is -2.21. The summed E-state index contributed by atoms with van der Waals surface area (Å²) in [6, 6.07) is 0. The van der Waals surface area contributed by atoms with E-state index in [-0.39, 0.29) is 0 Å². The molecule has 0 aliphatic carbocycles. The first-order valence-corrected chi connectivity index (χ1v) is 18.9. The van der Waals surface area contributed by atoms with Gasteiger partial charge in [0, 0.05) is 47.8 Å². The Morgan fingerprint density at radius 1 is 0.467 bits per heavy atom. The minimum absolute atomic E-state index is 0.403. The van der Waals surface area contributed by atoms with Crippen molar-refractivity contribution in [1.29, 1.82) is 0 Å². The molecular weight excluding hydrogens is 560 g/mol. The zero-order valence-corrected chi connectivity index (χ0v) is 34.6. The molecule has 0 heterocycles. The van der Waals surface area contributed by atoms with Crippen LogP contribution in [0.15, 0.2) is 0 Å². The number of unbranched alkanes of at least 4 members (excludes halogenated alkanes) is 5. The van der Waals surface area contributed by atoms with Crippen molar-refractivity contribution in [3.05, 3.63) is 0 Å². The summed E-state index contributed by atoms with van der Waals surface area (Å²) in [7, 11) is 5.28. The van der Waals surface area contributed by atoms with Crippen LogP contribution in [0.2, 0.25) is 0 Å². The number of methoxy groups -OCH3 is 3. The van der Waals surface area contributed by atoms with E-state index >= 15 is 0 Å². The lowest BCUT2D eigenvalue weighted by molar-refractivity contribution is 0.0138. The summed E-state index contributed by atoms with van der Waals surface area (Å²) in [5.41, 5.74) is 0.